The largest absolute Gasteiger partial charge is 0.495 e. The van der Waals surface area contributed by atoms with Crippen LogP contribution in [-0.2, 0) is 6.54 Å². The van der Waals surface area contributed by atoms with E-state index in [1.54, 1.807) is 7.11 Å². The van der Waals surface area contributed by atoms with Gasteiger partial charge in [-0.3, -0.25) is 0 Å². The van der Waals surface area contributed by atoms with E-state index in [1.807, 2.05) is 36.4 Å². The molecule has 0 amide bonds. The number of nitrogens with zero attached hydrogens (tertiary/aromatic N) is 1. The quantitative estimate of drug-likeness (QED) is 0.941. The molecule has 0 saturated carbocycles. The lowest BCUT2D eigenvalue weighted by atomic mass is 10.00. The summed E-state index contributed by atoms with van der Waals surface area (Å²) in [5, 5.41) is 12.7. The maximum absolute atomic E-state index is 9.15. The molecule has 4 heteroatoms. The number of hydrogen-bond acceptors (Lipinski definition) is 4. The average Bonchev–Trinajstić information content (AvgIpc) is 2.59. The molecular weight excluding hydrogens is 276 g/mol. The number of benzene rings is 2. The number of methoxy groups -OCH3 is 1. The standard InChI is InChI=1S/C18H18N2O2/c1-21-17-7-6-13(10-14(17)11-19)12-20-16-8-9-22-18-5-3-2-4-15(16)18/h2-7,10,16,20H,8-9,12H2,1H3. The number of ether oxygens (including phenoxy) is 2. The van der Waals surface area contributed by atoms with E-state index < -0.39 is 0 Å². The molecule has 1 unspecified atom stereocenters. The summed E-state index contributed by atoms with van der Waals surface area (Å²) in [5.41, 5.74) is 2.83. The number of hydrogen-bond donors (Lipinski definition) is 1. The van der Waals surface area contributed by atoms with Crippen LogP contribution in [0, 0.1) is 11.3 Å². The normalized spacial score (nSPS) is 16.3. The van der Waals surface area contributed by atoms with E-state index in [9.17, 15) is 0 Å². The van der Waals surface area contributed by atoms with E-state index in [4.69, 9.17) is 14.7 Å². The molecule has 0 fully saturated rings. The van der Waals surface area contributed by atoms with Crippen LogP contribution in [0.25, 0.3) is 0 Å². The van der Waals surface area contributed by atoms with Gasteiger partial charge in [0.15, 0.2) is 0 Å². The Balaban J connectivity index is 1.73. The van der Waals surface area contributed by atoms with Gasteiger partial charge >= 0.3 is 0 Å². The highest BCUT2D eigenvalue weighted by Gasteiger charge is 2.20. The summed E-state index contributed by atoms with van der Waals surface area (Å²) in [6.07, 6.45) is 0.943. The van der Waals surface area contributed by atoms with Gasteiger partial charge in [-0.05, 0) is 23.8 Å². The number of fused-ring (bicyclic) bond motifs is 1. The highest BCUT2D eigenvalue weighted by atomic mass is 16.5. The maximum Gasteiger partial charge on any atom is 0.136 e. The van der Waals surface area contributed by atoms with E-state index >= 15 is 0 Å². The van der Waals surface area contributed by atoms with Gasteiger partial charge in [0.2, 0.25) is 0 Å². The summed E-state index contributed by atoms with van der Waals surface area (Å²) < 4.78 is 10.8. The Kier molecular flexibility index (Phi) is 4.27. The predicted octanol–water partition coefficient (Wildman–Crippen LogP) is 3.18. The van der Waals surface area contributed by atoms with Crippen LogP contribution in [0.15, 0.2) is 42.5 Å². The van der Waals surface area contributed by atoms with Crippen LogP contribution in [0.5, 0.6) is 11.5 Å². The lowest BCUT2D eigenvalue weighted by Gasteiger charge is -2.26. The van der Waals surface area contributed by atoms with E-state index in [1.165, 1.54) is 5.56 Å². The maximum atomic E-state index is 9.15. The molecule has 0 radical (unpaired) electrons. The zero-order valence-electron chi connectivity index (χ0n) is 12.5. The van der Waals surface area contributed by atoms with Crippen molar-refractivity contribution >= 4 is 0 Å². The average molecular weight is 294 g/mol. The highest BCUT2D eigenvalue weighted by Crippen LogP contribution is 2.31. The Hall–Kier alpha value is -2.51. The van der Waals surface area contributed by atoms with Gasteiger partial charge in [0.1, 0.15) is 17.6 Å². The summed E-state index contributed by atoms with van der Waals surface area (Å²) in [5.74, 6) is 1.57. The molecule has 1 N–H and O–H groups in total. The number of rotatable bonds is 4. The highest BCUT2D eigenvalue weighted by molar-refractivity contribution is 5.45. The fourth-order valence-electron chi connectivity index (χ4n) is 2.75. The Labute approximate surface area is 130 Å². The van der Waals surface area contributed by atoms with Crippen LogP contribution < -0.4 is 14.8 Å². The van der Waals surface area contributed by atoms with Gasteiger partial charge in [-0.25, -0.2) is 0 Å². The third-order valence-electron chi connectivity index (χ3n) is 3.90. The van der Waals surface area contributed by atoms with Crippen LogP contribution in [0.1, 0.15) is 29.2 Å². The zero-order valence-corrected chi connectivity index (χ0v) is 12.5. The lowest BCUT2D eigenvalue weighted by molar-refractivity contribution is 0.252. The van der Waals surface area contributed by atoms with Gasteiger partial charge in [-0.1, -0.05) is 24.3 Å². The van der Waals surface area contributed by atoms with Crippen molar-refractivity contribution in [1.82, 2.24) is 5.32 Å². The van der Waals surface area contributed by atoms with Gasteiger partial charge in [0, 0.05) is 24.6 Å². The van der Waals surface area contributed by atoms with Crippen molar-refractivity contribution in [3.8, 4) is 17.6 Å². The fraction of sp³-hybridized carbons (Fsp3) is 0.278. The van der Waals surface area contributed by atoms with Crippen molar-refractivity contribution in [1.29, 1.82) is 5.26 Å². The predicted molar refractivity (Wildman–Crippen MR) is 83.8 cm³/mol. The second kappa shape index (κ2) is 6.50. The second-order valence-electron chi connectivity index (χ2n) is 5.25. The van der Waals surface area contributed by atoms with Crippen molar-refractivity contribution in [3.05, 3.63) is 59.2 Å². The molecule has 1 atom stereocenters. The van der Waals surface area contributed by atoms with Crippen molar-refractivity contribution in [2.75, 3.05) is 13.7 Å². The first-order chi connectivity index (χ1) is 10.8. The molecule has 112 valence electrons. The van der Waals surface area contributed by atoms with Crippen LogP contribution in [0.3, 0.4) is 0 Å². The van der Waals surface area contributed by atoms with E-state index in [0.29, 0.717) is 17.9 Å². The number of nitriles is 1. The lowest BCUT2D eigenvalue weighted by Crippen LogP contribution is -2.26. The first kappa shape index (κ1) is 14.4. The Morgan fingerprint density at radius 1 is 1.32 bits per heavy atom. The zero-order chi connectivity index (χ0) is 15.4. The molecule has 0 aliphatic carbocycles. The number of nitrogens with one attached hydrogen (secondary N) is 1. The number of para-hydroxylation sites is 1. The molecule has 0 saturated heterocycles. The van der Waals surface area contributed by atoms with Crippen molar-refractivity contribution in [3.63, 3.8) is 0 Å². The topological polar surface area (TPSA) is 54.3 Å². The smallest absolute Gasteiger partial charge is 0.136 e. The van der Waals surface area contributed by atoms with Gasteiger partial charge in [0.05, 0.1) is 19.3 Å². The molecule has 2 aromatic carbocycles. The van der Waals surface area contributed by atoms with Crippen LogP contribution >= 0.6 is 0 Å². The first-order valence-corrected chi connectivity index (χ1v) is 7.34. The Morgan fingerprint density at radius 2 is 2.18 bits per heavy atom. The molecule has 1 heterocycles. The molecule has 0 spiro atoms. The van der Waals surface area contributed by atoms with Crippen molar-refractivity contribution in [2.24, 2.45) is 0 Å². The monoisotopic (exact) mass is 294 g/mol. The second-order valence-corrected chi connectivity index (χ2v) is 5.25. The molecule has 1 aliphatic heterocycles. The summed E-state index contributed by atoms with van der Waals surface area (Å²) in [6.45, 7) is 1.43. The molecule has 1 aliphatic rings. The third-order valence-corrected chi connectivity index (χ3v) is 3.90. The van der Waals surface area contributed by atoms with Crippen LogP contribution in [0.2, 0.25) is 0 Å². The van der Waals surface area contributed by atoms with Crippen molar-refractivity contribution in [2.45, 2.75) is 19.0 Å². The minimum Gasteiger partial charge on any atom is -0.495 e. The summed E-state index contributed by atoms with van der Waals surface area (Å²) in [6, 6.07) is 16.3. The van der Waals surface area contributed by atoms with Gasteiger partial charge in [-0.15, -0.1) is 0 Å². The third kappa shape index (κ3) is 2.90. The van der Waals surface area contributed by atoms with Crippen molar-refractivity contribution < 1.29 is 9.47 Å². The Bertz CT molecular complexity index is 706. The van der Waals surface area contributed by atoms with Crippen LogP contribution in [-0.4, -0.2) is 13.7 Å². The summed E-state index contributed by atoms with van der Waals surface area (Å²) in [7, 11) is 1.58. The fourth-order valence-corrected chi connectivity index (χ4v) is 2.75. The first-order valence-electron chi connectivity index (χ1n) is 7.34. The SMILES string of the molecule is COc1ccc(CNC2CCOc3ccccc32)cc1C#N. The molecule has 0 aromatic heterocycles. The van der Waals surface area contributed by atoms with E-state index in [-0.39, 0.29) is 6.04 Å². The van der Waals surface area contributed by atoms with E-state index in [2.05, 4.69) is 17.5 Å². The summed E-state index contributed by atoms with van der Waals surface area (Å²) in [4.78, 5) is 0. The molecule has 4 nitrogen and oxygen atoms in total. The molecule has 22 heavy (non-hydrogen) atoms. The van der Waals surface area contributed by atoms with Crippen LogP contribution in [0.4, 0.5) is 0 Å². The molecular formula is C18H18N2O2. The summed E-state index contributed by atoms with van der Waals surface area (Å²) >= 11 is 0. The molecule has 0 bridgehead atoms. The molecule has 2 aromatic rings. The molecule has 3 rings (SSSR count). The van der Waals surface area contributed by atoms with Gasteiger partial charge in [-0.2, -0.15) is 5.26 Å². The van der Waals surface area contributed by atoms with Gasteiger partial charge in [0.25, 0.3) is 0 Å². The minimum atomic E-state index is 0.276. The minimum absolute atomic E-state index is 0.276. The van der Waals surface area contributed by atoms with E-state index in [0.717, 1.165) is 24.3 Å². The van der Waals surface area contributed by atoms with Gasteiger partial charge < -0.3 is 14.8 Å². The Morgan fingerprint density at radius 3 is 3.00 bits per heavy atom.